The lowest BCUT2D eigenvalue weighted by atomic mass is 10.0. The number of nitrogens with one attached hydrogen (secondary N) is 2. The van der Waals surface area contributed by atoms with Crippen LogP contribution in [0.15, 0.2) is 54.6 Å². The summed E-state index contributed by atoms with van der Waals surface area (Å²) in [6.45, 7) is 3.59. The van der Waals surface area contributed by atoms with E-state index in [4.69, 9.17) is 17.2 Å². The van der Waals surface area contributed by atoms with E-state index in [9.17, 15) is 14.4 Å². The third-order valence-corrected chi connectivity index (χ3v) is 5.67. The van der Waals surface area contributed by atoms with Crippen LogP contribution in [-0.4, -0.2) is 60.9 Å². The van der Waals surface area contributed by atoms with Crippen LogP contribution in [-0.2, 0) is 27.3 Å². The van der Waals surface area contributed by atoms with Gasteiger partial charge in [0, 0.05) is 32.7 Å². The third kappa shape index (κ3) is 9.86. The highest BCUT2D eigenvalue weighted by atomic mass is 16.2. The van der Waals surface area contributed by atoms with Gasteiger partial charge in [-0.1, -0.05) is 60.2 Å². The monoisotopic (exact) mass is 482 g/mol. The molecule has 9 heteroatoms. The van der Waals surface area contributed by atoms with Crippen LogP contribution in [0.1, 0.15) is 29.5 Å². The minimum Gasteiger partial charge on any atom is -0.350 e. The maximum absolute atomic E-state index is 13.0. The number of carbonyl (C=O) groups is 3. The molecule has 2 rings (SSSR count). The van der Waals surface area contributed by atoms with Crippen molar-refractivity contribution in [1.82, 2.24) is 15.5 Å². The molecule has 0 saturated carbocycles. The molecule has 0 radical (unpaired) electrons. The number of amides is 3. The van der Waals surface area contributed by atoms with E-state index in [2.05, 4.69) is 10.6 Å². The molecule has 2 aromatic carbocycles. The minimum atomic E-state index is -1.09. The summed E-state index contributed by atoms with van der Waals surface area (Å²) in [6, 6.07) is 15.7. The standard InChI is InChI=1S/C26H38N6O3/c1-19-7-9-21(10-8-19)18-30-26(35)23(12-11-20-5-3-2-4-6-20)31-25(34)22(29)17-24(33)32(15-13-27)16-14-28/h2-10,22-23H,11-18,27-29H2,1H3,(H,30,35)(H,31,34). The van der Waals surface area contributed by atoms with E-state index in [0.717, 1.165) is 16.7 Å². The van der Waals surface area contributed by atoms with Gasteiger partial charge in [-0.2, -0.15) is 0 Å². The number of benzene rings is 2. The van der Waals surface area contributed by atoms with Crippen LogP contribution in [0.5, 0.6) is 0 Å². The zero-order valence-electron chi connectivity index (χ0n) is 20.4. The van der Waals surface area contributed by atoms with E-state index < -0.39 is 18.0 Å². The summed E-state index contributed by atoms with van der Waals surface area (Å²) in [5.74, 6) is -1.16. The molecule has 0 heterocycles. The Bertz CT molecular complexity index is 930. The molecule has 3 amide bonds. The maximum atomic E-state index is 13.0. The van der Waals surface area contributed by atoms with Gasteiger partial charge in [0.1, 0.15) is 6.04 Å². The van der Waals surface area contributed by atoms with Gasteiger partial charge >= 0.3 is 0 Å². The summed E-state index contributed by atoms with van der Waals surface area (Å²) < 4.78 is 0. The molecule has 8 N–H and O–H groups in total. The molecule has 0 aliphatic carbocycles. The number of rotatable bonds is 14. The molecule has 0 bridgehead atoms. The number of aryl methyl sites for hydroxylation is 2. The van der Waals surface area contributed by atoms with E-state index in [1.165, 1.54) is 4.90 Å². The van der Waals surface area contributed by atoms with Gasteiger partial charge in [-0.3, -0.25) is 14.4 Å². The average molecular weight is 483 g/mol. The van der Waals surface area contributed by atoms with Gasteiger partial charge < -0.3 is 32.7 Å². The molecule has 0 aliphatic heterocycles. The molecule has 9 nitrogen and oxygen atoms in total. The Morgan fingerprint density at radius 1 is 0.886 bits per heavy atom. The Hall–Kier alpha value is -3.27. The first-order valence-electron chi connectivity index (χ1n) is 11.9. The van der Waals surface area contributed by atoms with Crippen molar-refractivity contribution in [3.63, 3.8) is 0 Å². The highest BCUT2D eigenvalue weighted by Gasteiger charge is 2.26. The molecule has 0 saturated heterocycles. The topological polar surface area (TPSA) is 157 Å². The van der Waals surface area contributed by atoms with Crippen molar-refractivity contribution in [3.05, 3.63) is 71.3 Å². The van der Waals surface area contributed by atoms with Crippen molar-refractivity contribution in [2.24, 2.45) is 17.2 Å². The van der Waals surface area contributed by atoms with Crippen molar-refractivity contribution < 1.29 is 14.4 Å². The van der Waals surface area contributed by atoms with Crippen molar-refractivity contribution in [3.8, 4) is 0 Å². The molecule has 190 valence electrons. The number of carbonyl (C=O) groups excluding carboxylic acids is 3. The summed E-state index contributed by atoms with van der Waals surface area (Å²) in [5.41, 5.74) is 20.3. The SMILES string of the molecule is Cc1ccc(CNC(=O)C(CCc2ccccc2)NC(=O)C(N)CC(=O)N(CCN)CCN)cc1. The Kier molecular flexibility index (Phi) is 11.9. The second-order valence-electron chi connectivity index (χ2n) is 8.56. The van der Waals surface area contributed by atoms with E-state index in [1.54, 1.807) is 0 Å². The fourth-order valence-electron chi connectivity index (χ4n) is 3.60. The van der Waals surface area contributed by atoms with Crippen molar-refractivity contribution in [1.29, 1.82) is 0 Å². The number of nitrogens with zero attached hydrogens (tertiary/aromatic N) is 1. The van der Waals surface area contributed by atoms with E-state index in [1.807, 2.05) is 61.5 Å². The van der Waals surface area contributed by atoms with Crippen molar-refractivity contribution in [2.45, 2.75) is 44.8 Å². The number of nitrogens with two attached hydrogens (primary N) is 3. The Morgan fingerprint density at radius 2 is 1.51 bits per heavy atom. The van der Waals surface area contributed by atoms with Crippen LogP contribution in [0.4, 0.5) is 0 Å². The summed E-state index contributed by atoms with van der Waals surface area (Å²) >= 11 is 0. The van der Waals surface area contributed by atoms with Crippen molar-refractivity contribution in [2.75, 3.05) is 26.2 Å². The largest absolute Gasteiger partial charge is 0.350 e. The molecule has 0 fully saturated rings. The molecule has 2 aromatic rings. The van der Waals surface area contributed by atoms with Crippen LogP contribution in [0, 0.1) is 6.92 Å². The van der Waals surface area contributed by atoms with Gasteiger partial charge in [-0.15, -0.1) is 0 Å². The minimum absolute atomic E-state index is 0.192. The first-order valence-corrected chi connectivity index (χ1v) is 11.9. The molecule has 0 aliphatic rings. The predicted octanol–water partition coefficient (Wildman–Crippen LogP) is 0.192. The summed E-state index contributed by atoms with van der Waals surface area (Å²) in [6.07, 6.45) is 0.795. The number of hydrogen-bond acceptors (Lipinski definition) is 6. The van der Waals surface area contributed by atoms with Crippen LogP contribution in [0.2, 0.25) is 0 Å². The lowest BCUT2D eigenvalue weighted by Crippen LogP contribution is -2.53. The second kappa shape index (κ2) is 14.9. The average Bonchev–Trinajstić information content (AvgIpc) is 2.86. The predicted molar refractivity (Wildman–Crippen MR) is 137 cm³/mol. The molecule has 0 spiro atoms. The highest BCUT2D eigenvalue weighted by molar-refractivity contribution is 5.92. The van der Waals surface area contributed by atoms with Crippen LogP contribution in [0.25, 0.3) is 0 Å². The lowest BCUT2D eigenvalue weighted by molar-refractivity contribution is -0.135. The molecule has 0 aromatic heterocycles. The smallest absolute Gasteiger partial charge is 0.242 e. The summed E-state index contributed by atoms with van der Waals surface area (Å²) in [5, 5.41) is 5.64. The van der Waals surface area contributed by atoms with Gasteiger partial charge in [0.05, 0.1) is 12.5 Å². The van der Waals surface area contributed by atoms with Crippen LogP contribution >= 0.6 is 0 Å². The Labute approximate surface area is 207 Å². The van der Waals surface area contributed by atoms with Gasteiger partial charge in [-0.05, 0) is 30.9 Å². The van der Waals surface area contributed by atoms with E-state index >= 15 is 0 Å². The summed E-state index contributed by atoms with van der Waals surface area (Å²) in [7, 11) is 0. The van der Waals surface area contributed by atoms with E-state index in [-0.39, 0.29) is 31.3 Å². The molecule has 2 unspecified atom stereocenters. The first kappa shape index (κ1) is 28.0. The van der Waals surface area contributed by atoms with Gasteiger partial charge in [0.15, 0.2) is 0 Å². The molecular formula is C26H38N6O3. The lowest BCUT2D eigenvalue weighted by Gasteiger charge is -2.24. The van der Waals surface area contributed by atoms with Crippen LogP contribution in [0.3, 0.4) is 0 Å². The molecular weight excluding hydrogens is 444 g/mol. The zero-order valence-corrected chi connectivity index (χ0v) is 20.4. The quantitative estimate of drug-likeness (QED) is 0.259. The first-order chi connectivity index (χ1) is 16.8. The maximum Gasteiger partial charge on any atom is 0.242 e. The summed E-state index contributed by atoms with van der Waals surface area (Å²) in [4.78, 5) is 39.8. The zero-order chi connectivity index (χ0) is 25.6. The van der Waals surface area contributed by atoms with Gasteiger partial charge in [-0.25, -0.2) is 0 Å². The normalized spacial score (nSPS) is 12.5. The Morgan fingerprint density at radius 3 is 2.11 bits per heavy atom. The number of hydrogen-bond donors (Lipinski definition) is 5. The van der Waals surface area contributed by atoms with Gasteiger partial charge in [0.2, 0.25) is 17.7 Å². The molecule has 35 heavy (non-hydrogen) atoms. The Balaban J connectivity index is 2.02. The van der Waals surface area contributed by atoms with Crippen molar-refractivity contribution >= 4 is 17.7 Å². The fourth-order valence-corrected chi connectivity index (χ4v) is 3.60. The highest BCUT2D eigenvalue weighted by Crippen LogP contribution is 2.08. The second-order valence-corrected chi connectivity index (χ2v) is 8.56. The van der Waals surface area contributed by atoms with Crippen LogP contribution < -0.4 is 27.8 Å². The molecule has 2 atom stereocenters. The fraction of sp³-hybridized carbons (Fsp3) is 0.423. The third-order valence-electron chi connectivity index (χ3n) is 5.67. The van der Waals surface area contributed by atoms with Gasteiger partial charge in [0.25, 0.3) is 0 Å². The van der Waals surface area contributed by atoms with E-state index in [0.29, 0.717) is 32.5 Å².